The molecule has 31 heavy (non-hydrogen) atoms. The second kappa shape index (κ2) is 9.22. The van der Waals surface area contributed by atoms with Crippen molar-refractivity contribution >= 4 is 33.9 Å². The number of quaternary nitrogens is 1. The number of nitrogens with two attached hydrogens (primary N) is 1. The van der Waals surface area contributed by atoms with E-state index in [0.29, 0.717) is 17.8 Å². The Morgan fingerprint density at radius 1 is 1.35 bits per heavy atom. The molecule has 0 unspecified atom stereocenters. The van der Waals surface area contributed by atoms with Crippen molar-refractivity contribution in [2.24, 2.45) is 5.10 Å². The highest BCUT2D eigenvalue weighted by atomic mass is 79.9. The van der Waals surface area contributed by atoms with Gasteiger partial charge in [0.1, 0.15) is 12.2 Å². The van der Waals surface area contributed by atoms with Gasteiger partial charge in [-0.2, -0.15) is 9.78 Å². The van der Waals surface area contributed by atoms with Crippen LogP contribution in [-0.2, 0) is 6.54 Å². The van der Waals surface area contributed by atoms with E-state index in [1.54, 1.807) is 12.1 Å². The van der Waals surface area contributed by atoms with Crippen LogP contribution in [0.4, 0.5) is 5.82 Å². The second-order valence-corrected chi connectivity index (χ2v) is 8.05. The number of piperidine rings is 1. The number of nitrogens with zero attached hydrogens (tertiary/aromatic N) is 6. The van der Waals surface area contributed by atoms with Crippen LogP contribution in [0.5, 0.6) is 5.75 Å². The molecule has 0 spiro atoms. The highest BCUT2D eigenvalue weighted by Crippen LogP contribution is 2.18. The fourth-order valence-corrected chi connectivity index (χ4v) is 3.82. The third-order valence-electron chi connectivity index (χ3n) is 4.99. The zero-order chi connectivity index (χ0) is 21.8. The number of hydrogen-bond acceptors (Lipinski definition) is 9. The Labute approximate surface area is 185 Å². The topological polar surface area (TPSA) is 165 Å². The fraction of sp³-hybridized carbons (Fsp3) is 0.333. The molecule has 1 aliphatic rings. The molecule has 4 N–H and O–H groups in total. The van der Waals surface area contributed by atoms with E-state index >= 15 is 0 Å². The van der Waals surface area contributed by atoms with Gasteiger partial charge in [0.25, 0.3) is 5.91 Å². The van der Waals surface area contributed by atoms with Crippen molar-refractivity contribution in [1.82, 2.24) is 30.7 Å². The van der Waals surface area contributed by atoms with E-state index in [1.165, 1.54) is 28.3 Å². The highest BCUT2D eigenvalue weighted by Gasteiger charge is 2.27. The zero-order valence-electron chi connectivity index (χ0n) is 16.4. The minimum atomic E-state index is -0.564. The summed E-state index contributed by atoms with van der Waals surface area (Å²) in [6.07, 6.45) is 4.70. The number of amides is 1. The average molecular weight is 490 g/mol. The van der Waals surface area contributed by atoms with Crippen LogP contribution in [0.15, 0.2) is 32.4 Å². The van der Waals surface area contributed by atoms with E-state index in [1.807, 2.05) is 0 Å². The summed E-state index contributed by atoms with van der Waals surface area (Å²) in [6, 6.07) is 4.66. The molecule has 0 saturated carbocycles. The molecule has 0 radical (unpaired) electrons. The van der Waals surface area contributed by atoms with Crippen LogP contribution in [-0.4, -0.2) is 50.5 Å². The lowest BCUT2D eigenvalue weighted by molar-refractivity contribution is -0.918. The maximum atomic E-state index is 12.8. The monoisotopic (exact) mass is 489 g/mol. The van der Waals surface area contributed by atoms with E-state index in [0.717, 1.165) is 30.4 Å². The van der Waals surface area contributed by atoms with Gasteiger partial charge in [-0.15, -0.1) is 5.10 Å². The van der Waals surface area contributed by atoms with Crippen molar-refractivity contribution in [2.45, 2.75) is 25.8 Å². The SMILES string of the molecule is Nc1nonc1-n1nnc(C(=O)N/N=C/c2cc(Br)ccc2[O-])c1C[NH+]1CCCCC1. The number of likely N-dealkylation sites (tertiary alicyclic amines) is 1. The predicted octanol–water partition coefficient (Wildman–Crippen LogP) is -0.599. The number of carbonyl (C=O) groups excluding carboxylic acids is 1. The second-order valence-electron chi connectivity index (χ2n) is 7.14. The summed E-state index contributed by atoms with van der Waals surface area (Å²) in [5.74, 6) is -0.559. The van der Waals surface area contributed by atoms with Gasteiger partial charge in [0.2, 0.25) is 11.6 Å². The smallest absolute Gasteiger partial charge is 0.294 e. The first kappa shape index (κ1) is 20.9. The molecular weight excluding hydrogens is 470 g/mol. The third-order valence-corrected chi connectivity index (χ3v) is 5.49. The number of nitrogens with one attached hydrogen (secondary N) is 2. The standard InChI is InChI=1S/C18H20BrN9O3/c19-12-4-5-14(29)11(8-12)9-21-23-18(30)15-13(10-27-6-2-1-3-7-27)28(26-22-15)17-16(20)24-31-25-17/h4-5,8-9,29H,1-3,6-7,10H2,(H2,20,24)(H,23,30)/b21-9+. The van der Waals surface area contributed by atoms with E-state index < -0.39 is 5.91 Å². The molecule has 0 atom stereocenters. The molecule has 1 fully saturated rings. The molecule has 162 valence electrons. The van der Waals surface area contributed by atoms with Crippen LogP contribution in [0.1, 0.15) is 41.0 Å². The first-order valence-corrected chi connectivity index (χ1v) is 10.5. The number of anilines is 1. The van der Waals surface area contributed by atoms with Gasteiger partial charge in [0.15, 0.2) is 5.69 Å². The third kappa shape index (κ3) is 4.72. The molecule has 13 heteroatoms. The molecule has 1 amide bonds. The Hall–Kier alpha value is -3.32. The Morgan fingerprint density at radius 3 is 2.90 bits per heavy atom. The molecular formula is C18H20BrN9O3. The largest absolute Gasteiger partial charge is 0.872 e. The number of hydrazone groups is 1. The van der Waals surface area contributed by atoms with Gasteiger partial charge in [-0.05, 0) is 47.3 Å². The van der Waals surface area contributed by atoms with Crippen molar-refractivity contribution < 1.29 is 19.4 Å². The molecule has 12 nitrogen and oxygen atoms in total. The predicted molar refractivity (Wildman–Crippen MR) is 111 cm³/mol. The molecule has 1 aliphatic heterocycles. The first-order chi connectivity index (χ1) is 15.0. The zero-order valence-corrected chi connectivity index (χ0v) is 18.0. The van der Waals surface area contributed by atoms with Gasteiger partial charge in [0.05, 0.1) is 19.3 Å². The minimum absolute atomic E-state index is 0.0439. The lowest BCUT2D eigenvalue weighted by Gasteiger charge is -2.23. The van der Waals surface area contributed by atoms with Crippen molar-refractivity contribution in [3.63, 3.8) is 0 Å². The van der Waals surface area contributed by atoms with Crippen molar-refractivity contribution in [3.05, 3.63) is 39.6 Å². The van der Waals surface area contributed by atoms with E-state index in [4.69, 9.17) is 5.73 Å². The Balaban J connectivity index is 1.58. The normalized spacial score (nSPS) is 14.9. The summed E-state index contributed by atoms with van der Waals surface area (Å²) in [7, 11) is 0. The Kier molecular flexibility index (Phi) is 6.23. The Morgan fingerprint density at radius 2 is 2.16 bits per heavy atom. The molecule has 4 rings (SSSR count). The van der Waals surface area contributed by atoms with E-state index in [2.05, 4.69) is 51.7 Å². The van der Waals surface area contributed by atoms with E-state index in [-0.39, 0.29) is 23.1 Å². The Bertz CT molecular complexity index is 1100. The number of aromatic nitrogens is 5. The first-order valence-electron chi connectivity index (χ1n) is 9.69. The molecule has 3 aromatic rings. The summed E-state index contributed by atoms with van der Waals surface area (Å²) >= 11 is 3.30. The quantitative estimate of drug-likeness (QED) is 0.305. The van der Waals surface area contributed by atoms with Crippen LogP contribution in [0.2, 0.25) is 0 Å². The number of carbonyl (C=O) groups is 1. The number of nitrogen functional groups attached to an aromatic ring is 1. The highest BCUT2D eigenvalue weighted by molar-refractivity contribution is 9.10. The summed E-state index contributed by atoms with van der Waals surface area (Å²) in [5, 5.41) is 31.2. The molecule has 0 aliphatic carbocycles. The molecule has 0 bridgehead atoms. The summed E-state index contributed by atoms with van der Waals surface area (Å²) in [6.45, 7) is 2.46. The van der Waals surface area contributed by atoms with Crippen molar-refractivity contribution in [2.75, 3.05) is 18.8 Å². The van der Waals surface area contributed by atoms with Crippen LogP contribution >= 0.6 is 15.9 Å². The van der Waals surface area contributed by atoms with Crippen molar-refractivity contribution in [3.8, 4) is 11.6 Å². The van der Waals surface area contributed by atoms with Gasteiger partial charge < -0.3 is 15.7 Å². The van der Waals surface area contributed by atoms with Gasteiger partial charge in [-0.25, -0.2) is 10.1 Å². The number of benzene rings is 1. The van der Waals surface area contributed by atoms with Crippen LogP contribution in [0.25, 0.3) is 5.82 Å². The number of rotatable bonds is 6. The number of halogens is 1. The summed E-state index contributed by atoms with van der Waals surface area (Å²) in [4.78, 5) is 14.1. The fourth-order valence-electron chi connectivity index (χ4n) is 3.44. The van der Waals surface area contributed by atoms with Gasteiger partial charge >= 0.3 is 0 Å². The number of hydrogen-bond donors (Lipinski definition) is 3. The lowest BCUT2D eigenvalue weighted by Crippen LogP contribution is -3.11. The van der Waals surface area contributed by atoms with Crippen molar-refractivity contribution in [1.29, 1.82) is 0 Å². The van der Waals surface area contributed by atoms with Crippen LogP contribution < -0.4 is 21.2 Å². The average Bonchev–Trinajstić information content (AvgIpc) is 3.37. The van der Waals surface area contributed by atoms with Crippen LogP contribution in [0.3, 0.4) is 0 Å². The maximum absolute atomic E-state index is 12.8. The molecule has 1 aromatic carbocycles. The minimum Gasteiger partial charge on any atom is -0.872 e. The van der Waals surface area contributed by atoms with Gasteiger partial charge in [-0.3, -0.25) is 4.79 Å². The molecule has 2 aromatic heterocycles. The molecule has 1 saturated heterocycles. The van der Waals surface area contributed by atoms with Gasteiger partial charge in [0, 0.05) is 4.47 Å². The summed E-state index contributed by atoms with van der Waals surface area (Å²) < 4.78 is 6.77. The van der Waals surface area contributed by atoms with Gasteiger partial charge in [-0.1, -0.05) is 33.0 Å². The lowest BCUT2D eigenvalue weighted by atomic mass is 10.1. The summed E-state index contributed by atoms with van der Waals surface area (Å²) in [5.41, 5.74) is 9.17. The van der Waals surface area contributed by atoms with E-state index in [9.17, 15) is 9.90 Å². The maximum Gasteiger partial charge on any atom is 0.294 e. The molecule has 3 heterocycles. The van der Waals surface area contributed by atoms with Crippen LogP contribution in [0, 0.1) is 0 Å².